The van der Waals surface area contributed by atoms with Gasteiger partial charge in [-0.1, -0.05) is 6.07 Å². The SMILES string of the molecule is CC(CN)NCc1cc2ccc(F)cc2s1. The normalized spacial score (nSPS) is 13.2. The Bertz CT molecular complexity index is 481. The minimum atomic E-state index is -0.177. The van der Waals surface area contributed by atoms with Crippen LogP contribution in [0.2, 0.25) is 0 Å². The number of rotatable bonds is 4. The van der Waals surface area contributed by atoms with E-state index in [1.807, 2.05) is 13.0 Å². The second kappa shape index (κ2) is 4.91. The maximum atomic E-state index is 13.0. The van der Waals surface area contributed by atoms with Crippen LogP contribution >= 0.6 is 11.3 Å². The Kier molecular flexibility index (Phi) is 3.53. The van der Waals surface area contributed by atoms with E-state index in [4.69, 9.17) is 5.73 Å². The number of hydrogen-bond donors (Lipinski definition) is 2. The van der Waals surface area contributed by atoms with E-state index >= 15 is 0 Å². The summed E-state index contributed by atoms with van der Waals surface area (Å²) in [5.41, 5.74) is 5.52. The number of thiophene rings is 1. The van der Waals surface area contributed by atoms with E-state index in [1.54, 1.807) is 17.4 Å². The van der Waals surface area contributed by atoms with Crippen LogP contribution in [0.25, 0.3) is 10.1 Å². The molecule has 3 N–H and O–H groups in total. The predicted molar refractivity (Wildman–Crippen MR) is 67.1 cm³/mol. The van der Waals surface area contributed by atoms with Gasteiger partial charge in [-0.15, -0.1) is 11.3 Å². The molecule has 0 aliphatic heterocycles. The lowest BCUT2D eigenvalue weighted by Crippen LogP contribution is -2.32. The molecule has 2 nitrogen and oxygen atoms in total. The summed E-state index contributed by atoms with van der Waals surface area (Å²) in [6, 6.07) is 7.29. The molecule has 0 bridgehead atoms. The lowest BCUT2D eigenvalue weighted by Gasteiger charge is -2.08. The van der Waals surface area contributed by atoms with Crippen LogP contribution in [-0.2, 0) is 6.54 Å². The Morgan fingerprint density at radius 3 is 3.00 bits per heavy atom. The van der Waals surface area contributed by atoms with Crippen molar-refractivity contribution in [3.8, 4) is 0 Å². The van der Waals surface area contributed by atoms with Gasteiger partial charge in [0.1, 0.15) is 5.82 Å². The van der Waals surface area contributed by atoms with Gasteiger partial charge in [0.05, 0.1) is 0 Å². The minimum Gasteiger partial charge on any atom is -0.329 e. The first kappa shape index (κ1) is 11.5. The van der Waals surface area contributed by atoms with Crippen LogP contribution in [0.1, 0.15) is 11.8 Å². The molecular weight excluding hydrogens is 223 g/mol. The second-order valence-corrected chi connectivity index (χ2v) is 5.08. The average molecular weight is 238 g/mol. The van der Waals surface area contributed by atoms with Gasteiger partial charge in [-0.3, -0.25) is 0 Å². The van der Waals surface area contributed by atoms with Crippen molar-refractivity contribution in [1.82, 2.24) is 5.32 Å². The molecule has 0 radical (unpaired) electrons. The number of nitrogens with one attached hydrogen (secondary N) is 1. The van der Waals surface area contributed by atoms with Crippen LogP contribution in [0.5, 0.6) is 0 Å². The average Bonchev–Trinajstić information content (AvgIpc) is 2.67. The Balaban J connectivity index is 2.13. The Hall–Kier alpha value is -0.970. The molecule has 1 unspecified atom stereocenters. The highest BCUT2D eigenvalue weighted by atomic mass is 32.1. The first-order valence-corrected chi connectivity index (χ1v) is 6.12. The molecule has 0 saturated carbocycles. The number of hydrogen-bond acceptors (Lipinski definition) is 3. The lowest BCUT2D eigenvalue weighted by atomic mass is 10.2. The zero-order valence-corrected chi connectivity index (χ0v) is 9.98. The van der Waals surface area contributed by atoms with Crippen LogP contribution in [0.3, 0.4) is 0 Å². The zero-order chi connectivity index (χ0) is 11.5. The van der Waals surface area contributed by atoms with Crippen molar-refractivity contribution in [2.24, 2.45) is 5.73 Å². The fraction of sp³-hybridized carbons (Fsp3) is 0.333. The molecule has 4 heteroatoms. The molecule has 0 aliphatic carbocycles. The molecule has 2 aromatic rings. The highest BCUT2D eigenvalue weighted by Crippen LogP contribution is 2.26. The van der Waals surface area contributed by atoms with Crippen molar-refractivity contribution in [3.05, 3.63) is 35.0 Å². The highest BCUT2D eigenvalue weighted by molar-refractivity contribution is 7.19. The van der Waals surface area contributed by atoms with E-state index < -0.39 is 0 Å². The summed E-state index contributed by atoms with van der Waals surface area (Å²) in [6.45, 7) is 3.46. The molecule has 0 fully saturated rings. The number of halogens is 1. The number of benzene rings is 1. The van der Waals surface area contributed by atoms with E-state index in [9.17, 15) is 4.39 Å². The van der Waals surface area contributed by atoms with E-state index in [0.29, 0.717) is 12.6 Å². The Morgan fingerprint density at radius 1 is 1.44 bits per heavy atom. The molecule has 0 amide bonds. The largest absolute Gasteiger partial charge is 0.329 e. The maximum Gasteiger partial charge on any atom is 0.124 e. The van der Waals surface area contributed by atoms with Gasteiger partial charge in [0, 0.05) is 28.7 Å². The zero-order valence-electron chi connectivity index (χ0n) is 9.16. The number of fused-ring (bicyclic) bond motifs is 1. The smallest absolute Gasteiger partial charge is 0.124 e. The molecule has 1 atom stereocenters. The van der Waals surface area contributed by atoms with Gasteiger partial charge in [-0.25, -0.2) is 4.39 Å². The summed E-state index contributed by atoms with van der Waals surface area (Å²) < 4.78 is 14.0. The summed E-state index contributed by atoms with van der Waals surface area (Å²) in [4.78, 5) is 1.21. The first-order chi connectivity index (χ1) is 7.69. The van der Waals surface area contributed by atoms with E-state index in [2.05, 4.69) is 11.4 Å². The van der Waals surface area contributed by atoms with Crippen LogP contribution in [-0.4, -0.2) is 12.6 Å². The highest BCUT2D eigenvalue weighted by Gasteiger charge is 2.04. The summed E-state index contributed by atoms with van der Waals surface area (Å²) in [6.07, 6.45) is 0. The van der Waals surface area contributed by atoms with Crippen LogP contribution < -0.4 is 11.1 Å². The van der Waals surface area contributed by atoms with Gasteiger partial charge in [0.15, 0.2) is 0 Å². The monoisotopic (exact) mass is 238 g/mol. The third-order valence-corrected chi connectivity index (χ3v) is 3.61. The molecule has 1 aromatic heterocycles. The van der Waals surface area contributed by atoms with Crippen LogP contribution in [0, 0.1) is 5.82 Å². The van der Waals surface area contributed by atoms with E-state index in [1.165, 1.54) is 10.9 Å². The Morgan fingerprint density at radius 2 is 2.25 bits per heavy atom. The van der Waals surface area contributed by atoms with Crippen LogP contribution in [0.4, 0.5) is 4.39 Å². The molecule has 1 heterocycles. The summed E-state index contributed by atoms with van der Waals surface area (Å²) in [7, 11) is 0. The predicted octanol–water partition coefficient (Wildman–Crippen LogP) is 2.48. The van der Waals surface area contributed by atoms with Gasteiger partial charge in [0.25, 0.3) is 0 Å². The topological polar surface area (TPSA) is 38.0 Å². The number of nitrogens with two attached hydrogens (primary N) is 1. The fourth-order valence-corrected chi connectivity index (χ4v) is 2.55. The standard InChI is InChI=1S/C12H15FN2S/c1-8(6-14)15-7-11-4-9-2-3-10(13)5-12(9)16-11/h2-5,8,15H,6-7,14H2,1H3. The maximum absolute atomic E-state index is 13.0. The molecule has 0 aliphatic rings. The minimum absolute atomic E-state index is 0.177. The summed E-state index contributed by atoms with van der Waals surface area (Å²) >= 11 is 1.62. The third-order valence-electron chi connectivity index (χ3n) is 2.51. The Labute approximate surface area is 98.3 Å². The van der Waals surface area contributed by atoms with Crippen LogP contribution in [0.15, 0.2) is 24.3 Å². The van der Waals surface area contributed by atoms with Crippen molar-refractivity contribution in [1.29, 1.82) is 0 Å². The molecule has 16 heavy (non-hydrogen) atoms. The lowest BCUT2D eigenvalue weighted by molar-refractivity contribution is 0.560. The second-order valence-electron chi connectivity index (χ2n) is 3.91. The quantitative estimate of drug-likeness (QED) is 0.858. The first-order valence-electron chi connectivity index (χ1n) is 5.30. The van der Waals surface area contributed by atoms with Gasteiger partial charge in [0.2, 0.25) is 0 Å². The van der Waals surface area contributed by atoms with Gasteiger partial charge < -0.3 is 11.1 Å². The van der Waals surface area contributed by atoms with E-state index in [-0.39, 0.29) is 5.82 Å². The van der Waals surface area contributed by atoms with Crippen molar-refractivity contribution < 1.29 is 4.39 Å². The molecule has 1 aromatic carbocycles. The third kappa shape index (κ3) is 2.58. The van der Waals surface area contributed by atoms with Crippen molar-refractivity contribution in [3.63, 3.8) is 0 Å². The van der Waals surface area contributed by atoms with Gasteiger partial charge >= 0.3 is 0 Å². The molecule has 86 valence electrons. The summed E-state index contributed by atoms with van der Waals surface area (Å²) in [5, 5.41) is 4.42. The molecule has 0 spiro atoms. The van der Waals surface area contributed by atoms with Gasteiger partial charge in [-0.05, 0) is 30.5 Å². The molecular formula is C12H15FN2S. The summed E-state index contributed by atoms with van der Waals surface area (Å²) in [5.74, 6) is -0.177. The van der Waals surface area contributed by atoms with Crippen molar-refractivity contribution >= 4 is 21.4 Å². The van der Waals surface area contributed by atoms with Crippen molar-refractivity contribution in [2.75, 3.05) is 6.54 Å². The van der Waals surface area contributed by atoms with E-state index in [0.717, 1.165) is 16.6 Å². The molecule has 0 saturated heterocycles. The fourth-order valence-electron chi connectivity index (χ4n) is 1.51. The molecule has 2 rings (SSSR count). The van der Waals surface area contributed by atoms with Crippen molar-refractivity contribution in [2.45, 2.75) is 19.5 Å². The van der Waals surface area contributed by atoms with Gasteiger partial charge in [-0.2, -0.15) is 0 Å².